The van der Waals surface area contributed by atoms with Gasteiger partial charge in [-0.2, -0.15) is 11.8 Å². The number of thioether (sulfide) groups is 1. The first-order chi connectivity index (χ1) is 9.42. The summed E-state index contributed by atoms with van der Waals surface area (Å²) in [7, 11) is 1.95. The van der Waals surface area contributed by atoms with Crippen LogP contribution in [0.25, 0.3) is 0 Å². The van der Waals surface area contributed by atoms with Crippen LogP contribution in [0.1, 0.15) is 30.4 Å². The van der Waals surface area contributed by atoms with Crippen molar-refractivity contribution >= 4 is 40.0 Å². The molecule has 1 aromatic heterocycles. The van der Waals surface area contributed by atoms with Crippen molar-refractivity contribution in [3.63, 3.8) is 0 Å². The fourth-order valence-electron chi connectivity index (χ4n) is 2.26. The van der Waals surface area contributed by atoms with Crippen LogP contribution in [0.5, 0.6) is 0 Å². The van der Waals surface area contributed by atoms with Crippen molar-refractivity contribution in [1.29, 1.82) is 0 Å². The summed E-state index contributed by atoms with van der Waals surface area (Å²) in [6, 6.07) is 0. The minimum Gasteiger partial charge on any atom is -0.382 e. The summed E-state index contributed by atoms with van der Waals surface area (Å²) in [5, 5.41) is 1.74. The Morgan fingerprint density at radius 1 is 1.45 bits per heavy atom. The molecule has 2 N–H and O–H groups in total. The van der Waals surface area contributed by atoms with Crippen LogP contribution in [0, 0.1) is 0 Å². The van der Waals surface area contributed by atoms with E-state index in [2.05, 4.69) is 18.8 Å². The Morgan fingerprint density at radius 3 is 2.60 bits per heavy atom. The zero-order chi connectivity index (χ0) is 14.9. The van der Waals surface area contributed by atoms with Gasteiger partial charge >= 0.3 is 0 Å². The van der Waals surface area contributed by atoms with Crippen LogP contribution in [0.3, 0.4) is 0 Å². The van der Waals surface area contributed by atoms with Gasteiger partial charge in [-0.05, 0) is 6.92 Å². The van der Waals surface area contributed by atoms with Gasteiger partial charge in [0.15, 0.2) is 5.13 Å². The van der Waals surface area contributed by atoms with E-state index in [1.807, 2.05) is 35.5 Å². The Hall–Kier alpha value is -0.950. The van der Waals surface area contributed by atoms with Crippen molar-refractivity contribution < 1.29 is 4.79 Å². The largest absolute Gasteiger partial charge is 0.382 e. The van der Waals surface area contributed by atoms with Gasteiger partial charge in [-0.1, -0.05) is 25.2 Å². The van der Waals surface area contributed by atoms with E-state index in [1.165, 1.54) is 11.3 Å². The first-order valence-corrected chi connectivity index (χ1v) is 8.60. The number of aromatic nitrogens is 1. The summed E-state index contributed by atoms with van der Waals surface area (Å²) in [6.45, 7) is 8.77. The molecule has 1 fully saturated rings. The maximum Gasteiger partial charge on any atom is 0.267 e. The molecule has 0 spiro atoms. The Kier molecular flexibility index (Phi) is 4.80. The summed E-state index contributed by atoms with van der Waals surface area (Å²) >= 11 is 3.32. The molecule has 1 aliphatic heterocycles. The van der Waals surface area contributed by atoms with Crippen molar-refractivity contribution in [1.82, 2.24) is 9.88 Å². The monoisotopic (exact) mass is 314 g/mol. The summed E-state index contributed by atoms with van der Waals surface area (Å²) in [4.78, 5) is 21.4. The number of hydrogen-bond donors (Lipinski definition) is 1. The van der Waals surface area contributed by atoms with E-state index in [4.69, 9.17) is 5.73 Å². The van der Waals surface area contributed by atoms with Crippen LogP contribution in [0.4, 0.5) is 10.9 Å². The molecule has 7 heteroatoms. The molecule has 1 saturated heterocycles. The molecule has 0 aromatic carbocycles. The molecule has 0 aliphatic carbocycles. The van der Waals surface area contributed by atoms with E-state index in [9.17, 15) is 4.79 Å². The van der Waals surface area contributed by atoms with E-state index in [0.717, 1.165) is 24.8 Å². The van der Waals surface area contributed by atoms with Crippen LogP contribution >= 0.6 is 23.1 Å². The van der Waals surface area contributed by atoms with E-state index < -0.39 is 0 Å². The fourth-order valence-corrected chi connectivity index (χ4v) is 4.56. The summed E-state index contributed by atoms with van der Waals surface area (Å²) in [5.74, 6) is 0.378. The highest BCUT2D eigenvalue weighted by Crippen LogP contribution is 2.31. The number of anilines is 2. The topological polar surface area (TPSA) is 62.5 Å². The fraction of sp³-hybridized carbons (Fsp3) is 0.692. The van der Waals surface area contributed by atoms with Gasteiger partial charge in [0.2, 0.25) is 0 Å². The molecule has 0 bridgehead atoms. The molecule has 1 aromatic rings. The lowest BCUT2D eigenvalue weighted by Crippen LogP contribution is -2.43. The molecule has 2 atom stereocenters. The predicted molar refractivity (Wildman–Crippen MR) is 87.9 cm³/mol. The minimum atomic E-state index is 0.0229. The van der Waals surface area contributed by atoms with Crippen molar-refractivity contribution in [2.75, 3.05) is 37.3 Å². The quantitative estimate of drug-likeness (QED) is 0.926. The minimum absolute atomic E-state index is 0.0229. The SMILES string of the molecule is CCN(C)c1nc(N)c(C(=O)N2CC(C)SC(C)C2)s1. The van der Waals surface area contributed by atoms with Crippen molar-refractivity contribution in [2.24, 2.45) is 0 Å². The third kappa shape index (κ3) is 3.20. The van der Waals surface area contributed by atoms with E-state index in [-0.39, 0.29) is 5.91 Å². The highest BCUT2D eigenvalue weighted by Gasteiger charge is 2.29. The third-order valence-corrected chi connectivity index (χ3v) is 5.74. The molecule has 5 nitrogen and oxygen atoms in total. The Balaban J connectivity index is 2.18. The van der Waals surface area contributed by atoms with Crippen LogP contribution in [-0.4, -0.2) is 53.0 Å². The van der Waals surface area contributed by atoms with Gasteiger partial charge < -0.3 is 15.5 Å². The Morgan fingerprint density at radius 2 is 2.05 bits per heavy atom. The highest BCUT2D eigenvalue weighted by atomic mass is 32.2. The van der Waals surface area contributed by atoms with E-state index in [1.54, 1.807) is 0 Å². The Bertz CT molecular complexity index is 481. The highest BCUT2D eigenvalue weighted by molar-refractivity contribution is 8.00. The van der Waals surface area contributed by atoms with Gasteiger partial charge in [0.25, 0.3) is 5.91 Å². The van der Waals surface area contributed by atoms with Gasteiger partial charge in [-0.15, -0.1) is 0 Å². The standard InChI is InChI=1S/C13H22N4OS2/c1-5-16(4)13-15-11(14)10(20-13)12(18)17-6-8(2)19-9(3)7-17/h8-9H,5-7,14H2,1-4H3. The smallest absolute Gasteiger partial charge is 0.267 e. The first-order valence-electron chi connectivity index (χ1n) is 6.84. The molecule has 2 rings (SSSR count). The average molecular weight is 314 g/mol. The van der Waals surface area contributed by atoms with Gasteiger partial charge in [0.05, 0.1) is 0 Å². The lowest BCUT2D eigenvalue weighted by atomic mass is 10.3. The predicted octanol–water partition coefficient (Wildman–Crippen LogP) is 2.15. The normalized spacial score (nSPS) is 22.9. The number of nitrogens with two attached hydrogens (primary N) is 1. The van der Waals surface area contributed by atoms with Crippen molar-refractivity contribution in [3.8, 4) is 0 Å². The van der Waals surface area contributed by atoms with Gasteiger partial charge in [-0.3, -0.25) is 4.79 Å². The van der Waals surface area contributed by atoms with Crippen molar-refractivity contribution in [3.05, 3.63) is 4.88 Å². The number of nitrogen functional groups attached to an aromatic ring is 1. The molecule has 0 radical (unpaired) electrons. The van der Waals surface area contributed by atoms with Crippen molar-refractivity contribution in [2.45, 2.75) is 31.3 Å². The third-order valence-electron chi connectivity index (χ3n) is 3.34. The zero-order valence-electron chi connectivity index (χ0n) is 12.4. The first kappa shape index (κ1) is 15.4. The second kappa shape index (κ2) is 6.22. The average Bonchev–Trinajstić information content (AvgIpc) is 2.78. The number of hydrogen-bond acceptors (Lipinski definition) is 6. The summed E-state index contributed by atoms with van der Waals surface area (Å²) < 4.78 is 0. The maximum atomic E-state index is 12.6. The lowest BCUT2D eigenvalue weighted by molar-refractivity contribution is 0.0759. The molecule has 2 heterocycles. The molecular formula is C13H22N4OS2. The second-order valence-corrected chi connectivity index (χ2v) is 8.05. The number of rotatable bonds is 3. The van der Waals surface area contributed by atoms with Crippen LogP contribution in [0.15, 0.2) is 0 Å². The van der Waals surface area contributed by atoms with Crippen LogP contribution in [-0.2, 0) is 0 Å². The number of carbonyl (C=O) groups is 1. The summed E-state index contributed by atoms with van der Waals surface area (Å²) in [6.07, 6.45) is 0. The number of carbonyl (C=O) groups excluding carboxylic acids is 1. The molecule has 1 amide bonds. The van der Waals surface area contributed by atoms with Gasteiger partial charge in [-0.25, -0.2) is 4.98 Å². The zero-order valence-corrected chi connectivity index (χ0v) is 14.1. The molecule has 1 aliphatic rings. The molecule has 2 unspecified atom stereocenters. The van der Waals surface area contributed by atoms with Crippen LogP contribution < -0.4 is 10.6 Å². The van der Waals surface area contributed by atoms with Crippen LogP contribution in [0.2, 0.25) is 0 Å². The lowest BCUT2D eigenvalue weighted by Gasteiger charge is -2.34. The number of thiazole rings is 1. The maximum absolute atomic E-state index is 12.6. The van der Waals surface area contributed by atoms with Gasteiger partial charge in [0, 0.05) is 37.2 Å². The molecule has 20 heavy (non-hydrogen) atoms. The molecule has 0 saturated carbocycles. The Labute approximate surface area is 128 Å². The van der Waals surface area contributed by atoms with Gasteiger partial charge in [0.1, 0.15) is 10.7 Å². The number of amides is 1. The van der Waals surface area contributed by atoms with E-state index >= 15 is 0 Å². The van der Waals surface area contributed by atoms with E-state index in [0.29, 0.717) is 21.2 Å². The molecule has 112 valence electrons. The summed E-state index contributed by atoms with van der Waals surface area (Å²) in [5.41, 5.74) is 5.93. The second-order valence-electron chi connectivity index (χ2n) is 5.19. The molecular weight excluding hydrogens is 292 g/mol. The number of nitrogens with zero attached hydrogens (tertiary/aromatic N) is 3.